The van der Waals surface area contributed by atoms with Gasteiger partial charge in [0.15, 0.2) is 5.78 Å². The summed E-state index contributed by atoms with van der Waals surface area (Å²) in [6, 6.07) is 5.71. The molecule has 2 rings (SSSR count). The molecule has 0 aliphatic rings. The van der Waals surface area contributed by atoms with Gasteiger partial charge in [0.25, 0.3) is 0 Å². The van der Waals surface area contributed by atoms with Gasteiger partial charge in [-0.1, -0.05) is 0 Å². The molecule has 4 heteroatoms. The minimum atomic E-state index is 0.157. The summed E-state index contributed by atoms with van der Waals surface area (Å²) in [7, 11) is 3.83. The quantitative estimate of drug-likeness (QED) is 0.814. The van der Waals surface area contributed by atoms with E-state index in [1.54, 1.807) is 0 Å². The largest absolute Gasteiger partial charge is 0.331 e. The van der Waals surface area contributed by atoms with E-state index in [0.717, 1.165) is 22.4 Å². The summed E-state index contributed by atoms with van der Waals surface area (Å²) in [6.45, 7) is 2.67. The van der Waals surface area contributed by atoms with Crippen molar-refractivity contribution in [3.8, 4) is 0 Å². The molecule has 4 nitrogen and oxygen atoms in total. The van der Waals surface area contributed by atoms with Crippen molar-refractivity contribution in [1.82, 2.24) is 14.9 Å². The third-order valence-corrected chi connectivity index (χ3v) is 3.03. The fourth-order valence-corrected chi connectivity index (χ4v) is 1.88. The number of hydrogen-bond acceptors (Lipinski definition) is 3. The summed E-state index contributed by atoms with van der Waals surface area (Å²) in [5.74, 6) is 1.12. The van der Waals surface area contributed by atoms with Gasteiger partial charge in [-0.25, -0.2) is 4.98 Å². The van der Waals surface area contributed by atoms with Crippen LogP contribution in [0, 0.1) is 6.92 Å². The number of hydrogen-bond donors (Lipinski definition) is 1. The first kappa shape index (κ1) is 11.8. The highest BCUT2D eigenvalue weighted by atomic mass is 16.1. The minimum absolute atomic E-state index is 0.157. The lowest BCUT2D eigenvalue weighted by atomic mass is 10.1. The molecule has 0 bridgehead atoms. The molecule has 17 heavy (non-hydrogen) atoms. The van der Waals surface area contributed by atoms with Crippen LogP contribution in [0.3, 0.4) is 0 Å². The van der Waals surface area contributed by atoms with E-state index < -0.39 is 0 Å². The first-order valence-electron chi connectivity index (χ1n) is 5.74. The highest BCUT2D eigenvalue weighted by Gasteiger charge is 2.09. The Morgan fingerprint density at radius 2 is 2.24 bits per heavy atom. The lowest BCUT2D eigenvalue weighted by molar-refractivity contribution is 0.0983. The SMILES string of the molecule is CNCCC(=O)c1ccc2c(c1)nc(C)n2C. The van der Waals surface area contributed by atoms with Crippen LogP contribution < -0.4 is 5.32 Å². The van der Waals surface area contributed by atoms with Crippen LogP contribution in [-0.2, 0) is 7.05 Å². The number of Topliss-reactive ketones (excluding diaryl/α,β-unsaturated/α-hetero) is 1. The van der Waals surface area contributed by atoms with E-state index in [1.165, 1.54) is 0 Å². The molecule has 90 valence electrons. The van der Waals surface area contributed by atoms with Gasteiger partial charge in [-0.15, -0.1) is 0 Å². The van der Waals surface area contributed by atoms with Gasteiger partial charge >= 0.3 is 0 Å². The van der Waals surface area contributed by atoms with Gasteiger partial charge < -0.3 is 9.88 Å². The Bertz CT molecular complexity index is 557. The van der Waals surface area contributed by atoms with Crippen LogP contribution in [0.1, 0.15) is 22.6 Å². The van der Waals surface area contributed by atoms with Gasteiger partial charge in [0.05, 0.1) is 11.0 Å². The zero-order valence-electron chi connectivity index (χ0n) is 10.4. The van der Waals surface area contributed by atoms with Gasteiger partial charge in [0.2, 0.25) is 0 Å². The number of ketones is 1. The molecule has 0 radical (unpaired) electrons. The van der Waals surface area contributed by atoms with Crippen molar-refractivity contribution >= 4 is 16.8 Å². The first-order chi connectivity index (χ1) is 8.13. The summed E-state index contributed by atoms with van der Waals surface area (Å²) in [5.41, 5.74) is 2.69. The maximum absolute atomic E-state index is 11.9. The average Bonchev–Trinajstić information content (AvgIpc) is 2.61. The van der Waals surface area contributed by atoms with E-state index in [1.807, 2.05) is 43.8 Å². The molecular weight excluding hydrogens is 214 g/mol. The highest BCUT2D eigenvalue weighted by molar-refractivity contribution is 5.99. The second-order valence-corrected chi connectivity index (χ2v) is 4.20. The van der Waals surface area contributed by atoms with Gasteiger partial charge in [-0.2, -0.15) is 0 Å². The molecule has 0 saturated heterocycles. The van der Waals surface area contributed by atoms with Gasteiger partial charge in [0, 0.05) is 25.6 Å². The second-order valence-electron chi connectivity index (χ2n) is 4.20. The van der Waals surface area contributed by atoms with Crippen LogP contribution >= 0.6 is 0 Å². The standard InChI is InChI=1S/C13H17N3O/c1-9-15-11-8-10(13(17)6-7-14-2)4-5-12(11)16(9)3/h4-5,8,14H,6-7H2,1-3H3. The maximum atomic E-state index is 11.9. The molecule has 0 unspecified atom stereocenters. The van der Waals surface area contributed by atoms with Crippen LogP contribution in [0.5, 0.6) is 0 Å². The summed E-state index contributed by atoms with van der Waals surface area (Å²) < 4.78 is 2.02. The van der Waals surface area contributed by atoms with E-state index >= 15 is 0 Å². The lowest BCUT2D eigenvalue weighted by Crippen LogP contribution is -2.12. The molecule has 0 spiro atoms. The number of fused-ring (bicyclic) bond motifs is 1. The Morgan fingerprint density at radius 1 is 1.47 bits per heavy atom. The fourth-order valence-electron chi connectivity index (χ4n) is 1.88. The number of carbonyl (C=O) groups is 1. The lowest BCUT2D eigenvalue weighted by Gasteiger charge is -2.01. The average molecular weight is 231 g/mol. The van der Waals surface area contributed by atoms with Gasteiger partial charge in [0.1, 0.15) is 5.82 Å². The monoisotopic (exact) mass is 231 g/mol. The van der Waals surface area contributed by atoms with E-state index in [0.29, 0.717) is 13.0 Å². The number of carbonyl (C=O) groups excluding carboxylic acids is 1. The van der Waals surface area contributed by atoms with Crippen molar-refractivity contribution in [3.05, 3.63) is 29.6 Å². The molecule has 1 N–H and O–H groups in total. The summed E-state index contributed by atoms with van der Waals surface area (Å²) >= 11 is 0. The van der Waals surface area contributed by atoms with Crippen molar-refractivity contribution in [2.75, 3.05) is 13.6 Å². The third-order valence-electron chi connectivity index (χ3n) is 3.03. The summed E-state index contributed by atoms with van der Waals surface area (Å²) in [4.78, 5) is 16.3. The van der Waals surface area contributed by atoms with Crippen LogP contribution in [-0.4, -0.2) is 28.9 Å². The number of benzene rings is 1. The highest BCUT2D eigenvalue weighted by Crippen LogP contribution is 2.17. The van der Waals surface area contributed by atoms with Crippen LogP contribution in [0.15, 0.2) is 18.2 Å². The molecule has 1 aromatic heterocycles. The van der Waals surface area contributed by atoms with E-state index in [4.69, 9.17) is 0 Å². The molecule has 1 aromatic carbocycles. The fraction of sp³-hybridized carbons (Fsp3) is 0.385. The van der Waals surface area contributed by atoms with Crippen molar-refractivity contribution in [1.29, 1.82) is 0 Å². The number of nitrogens with one attached hydrogen (secondary N) is 1. The maximum Gasteiger partial charge on any atom is 0.164 e. The number of aromatic nitrogens is 2. The Hall–Kier alpha value is -1.68. The number of imidazole rings is 1. The van der Waals surface area contributed by atoms with Crippen molar-refractivity contribution in [2.24, 2.45) is 7.05 Å². The van der Waals surface area contributed by atoms with E-state index in [2.05, 4.69) is 10.3 Å². The van der Waals surface area contributed by atoms with E-state index in [9.17, 15) is 4.79 Å². The zero-order valence-corrected chi connectivity index (χ0v) is 10.4. The number of aryl methyl sites for hydroxylation is 2. The van der Waals surface area contributed by atoms with Gasteiger partial charge in [-0.3, -0.25) is 4.79 Å². The zero-order chi connectivity index (χ0) is 12.4. The van der Waals surface area contributed by atoms with Crippen molar-refractivity contribution < 1.29 is 4.79 Å². The predicted octanol–water partition coefficient (Wildman–Crippen LogP) is 1.67. The van der Waals surface area contributed by atoms with Crippen LogP contribution in [0.4, 0.5) is 0 Å². The third kappa shape index (κ3) is 2.22. The van der Waals surface area contributed by atoms with Crippen molar-refractivity contribution in [2.45, 2.75) is 13.3 Å². The molecule has 2 aromatic rings. The molecule has 0 aliphatic heterocycles. The van der Waals surface area contributed by atoms with E-state index in [-0.39, 0.29) is 5.78 Å². The smallest absolute Gasteiger partial charge is 0.164 e. The molecule has 1 heterocycles. The normalized spacial score (nSPS) is 11.0. The Balaban J connectivity index is 2.35. The Labute approximate surface area is 101 Å². The number of nitrogens with zero attached hydrogens (tertiary/aromatic N) is 2. The van der Waals surface area contributed by atoms with Crippen molar-refractivity contribution in [3.63, 3.8) is 0 Å². The summed E-state index contributed by atoms with van der Waals surface area (Å²) in [6.07, 6.45) is 0.522. The molecule has 0 fully saturated rings. The van der Waals surface area contributed by atoms with Crippen LogP contribution in [0.25, 0.3) is 11.0 Å². The molecule has 0 saturated carbocycles. The predicted molar refractivity (Wildman–Crippen MR) is 68.3 cm³/mol. The minimum Gasteiger partial charge on any atom is -0.331 e. The van der Waals surface area contributed by atoms with Crippen LogP contribution in [0.2, 0.25) is 0 Å². The summed E-state index contributed by atoms with van der Waals surface area (Å²) in [5, 5.41) is 2.98. The first-order valence-corrected chi connectivity index (χ1v) is 5.74. The molecule has 0 atom stereocenters. The molecular formula is C13H17N3O. The van der Waals surface area contributed by atoms with Gasteiger partial charge in [-0.05, 0) is 32.2 Å². The second kappa shape index (κ2) is 4.67. The molecule has 0 amide bonds. The Kier molecular flexibility index (Phi) is 3.24. The topological polar surface area (TPSA) is 46.9 Å². The number of rotatable bonds is 4. The molecule has 0 aliphatic carbocycles. The Morgan fingerprint density at radius 3 is 2.94 bits per heavy atom.